The van der Waals surface area contributed by atoms with Crippen LogP contribution in [0.1, 0.15) is 44.2 Å². The van der Waals surface area contributed by atoms with Crippen molar-refractivity contribution in [2.75, 3.05) is 6.61 Å². The zero-order valence-corrected chi connectivity index (χ0v) is 12.9. The standard InChI is InChI=1S/C15H21FN2O2.ClH/c1-2-5-12(17)15(19)18-13-8-4-9-20-14-10(13)6-3-7-11(14)16;/h3,6-7,12-13H,2,4-5,8-9,17H2,1H3,(H,18,19);1H. The van der Waals surface area contributed by atoms with Crippen molar-refractivity contribution in [1.29, 1.82) is 0 Å². The molecule has 21 heavy (non-hydrogen) atoms. The summed E-state index contributed by atoms with van der Waals surface area (Å²) in [6.07, 6.45) is 2.99. The van der Waals surface area contributed by atoms with Crippen molar-refractivity contribution < 1.29 is 13.9 Å². The highest BCUT2D eigenvalue weighted by atomic mass is 35.5. The number of nitrogens with two attached hydrogens (primary N) is 1. The van der Waals surface area contributed by atoms with E-state index < -0.39 is 6.04 Å². The van der Waals surface area contributed by atoms with Gasteiger partial charge in [0.2, 0.25) is 5.91 Å². The number of carbonyl (C=O) groups excluding carboxylic acids is 1. The van der Waals surface area contributed by atoms with Gasteiger partial charge in [-0.05, 0) is 25.3 Å². The number of ether oxygens (including phenoxy) is 1. The number of nitrogens with one attached hydrogen (secondary N) is 1. The number of amides is 1. The smallest absolute Gasteiger partial charge is 0.237 e. The lowest BCUT2D eigenvalue weighted by Gasteiger charge is -2.20. The maximum atomic E-state index is 13.8. The summed E-state index contributed by atoms with van der Waals surface area (Å²) in [5.41, 5.74) is 6.51. The number of hydrogen-bond acceptors (Lipinski definition) is 3. The van der Waals surface area contributed by atoms with Gasteiger partial charge in [-0.1, -0.05) is 25.5 Å². The SMILES string of the molecule is CCCC(N)C(=O)NC1CCCOc2c(F)cccc21.Cl. The molecule has 1 aromatic rings. The highest BCUT2D eigenvalue weighted by Crippen LogP contribution is 2.33. The lowest BCUT2D eigenvalue weighted by molar-refractivity contribution is -0.123. The quantitative estimate of drug-likeness (QED) is 0.897. The molecule has 0 saturated carbocycles. The first-order chi connectivity index (χ1) is 9.63. The van der Waals surface area contributed by atoms with E-state index in [-0.39, 0.29) is 35.9 Å². The molecule has 1 aliphatic heterocycles. The highest BCUT2D eigenvalue weighted by molar-refractivity contribution is 5.85. The van der Waals surface area contributed by atoms with Crippen molar-refractivity contribution in [2.24, 2.45) is 5.73 Å². The van der Waals surface area contributed by atoms with Crippen LogP contribution in [0.15, 0.2) is 18.2 Å². The van der Waals surface area contributed by atoms with Gasteiger partial charge in [0.15, 0.2) is 11.6 Å². The molecule has 1 aliphatic rings. The van der Waals surface area contributed by atoms with Gasteiger partial charge in [0.05, 0.1) is 18.7 Å². The predicted octanol–water partition coefficient (Wildman–Crippen LogP) is 2.70. The van der Waals surface area contributed by atoms with Crippen molar-refractivity contribution >= 4 is 18.3 Å². The van der Waals surface area contributed by atoms with Crippen LogP contribution < -0.4 is 15.8 Å². The van der Waals surface area contributed by atoms with E-state index in [1.54, 1.807) is 12.1 Å². The summed E-state index contributed by atoms with van der Waals surface area (Å²) in [5.74, 6) is -0.324. The maximum Gasteiger partial charge on any atom is 0.237 e. The van der Waals surface area contributed by atoms with E-state index in [0.717, 1.165) is 19.3 Å². The number of rotatable bonds is 4. The monoisotopic (exact) mass is 316 g/mol. The normalized spacial score (nSPS) is 18.5. The zero-order valence-electron chi connectivity index (χ0n) is 12.1. The molecule has 0 bridgehead atoms. The average Bonchev–Trinajstić information content (AvgIpc) is 2.63. The molecule has 4 nitrogen and oxygen atoms in total. The van der Waals surface area contributed by atoms with Crippen LogP contribution in [-0.2, 0) is 4.79 Å². The molecular formula is C15H22ClFN2O2. The van der Waals surface area contributed by atoms with Crippen LogP contribution in [0.3, 0.4) is 0 Å². The molecule has 2 atom stereocenters. The van der Waals surface area contributed by atoms with Crippen LogP contribution in [0, 0.1) is 5.82 Å². The van der Waals surface area contributed by atoms with E-state index in [2.05, 4.69) is 5.32 Å². The first-order valence-corrected chi connectivity index (χ1v) is 7.10. The molecule has 118 valence electrons. The molecule has 0 radical (unpaired) electrons. The lowest BCUT2D eigenvalue weighted by Crippen LogP contribution is -2.42. The van der Waals surface area contributed by atoms with E-state index in [4.69, 9.17) is 10.5 Å². The Hall–Kier alpha value is -1.33. The number of carbonyl (C=O) groups is 1. The highest BCUT2D eigenvalue weighted by Gasteiger charge is 2.25. The number of hydrogen-bond donors (Lipinski definition) is 2. The molecule has 6 heteroatoms. The van der Waals surface area contributed by atoms with Crippen molar-refractivity contribution in [3.8, 4) is 5.75 Å². The van der Waals surface area contributed by atoms with E-state index >= 15 is 0 Å². The molecule has 0 spiro atoms. The Kier molecular flexibility index (Phi) is 6.92. The summed E-state index contributed by atoms with van der Waals surface area (Å²) >= 11 is 0. The summed E-state index contributed by atoms with van der Waals surface area (Å²) < 4.78 is 19.2. The number of benzene rings is 1. The largest absolute Gasteiger partial charge is 0.490 e. The minimum atomic E-state index is -0.513. The first kappa shape index (κ1) is 17.7. The molecule has 0 aliphatic carbocycles. The zero-order chi connectivity index (χ0) is 14.5. The number of para-hydroxylation sites is 1. The average molecular weight is 317 g/mol. The summed E-state index contributed by atoms with van der Waals surface area (Å²) in [6.45, 7) is 2.44. The van der Waals surface area contributed by atoms with Crippen LogP contribution in [0.4, 0.5) is 4.39 Å². The summed E-state index contributed by atoms with van der Waals surface area (Å²) in [6, 6.07) is 4.04. The fourth-order valence-corrected chi connectivity index (χ4v) is 2.44. The summed E-state index contributed by atoms with van der Waals surface area (Å²) in [4.78, 5) is 12.0. The third-order valence-corrected chi connectivity index (χ3v) is 3.51. The number of fused-ring (bicyclic) bond motifs is 1. The molecule has 1 amide bonds. The van der Waals surface area contributed by atoms with Gasteiger partial charge in [-0.2, -0.15) is 0 Å². The molecule has 0 saturated heterocycles. The van der Waals surface area contributed by atoms with Gasteiger partial charge >= 0.3 is 0 Å². The second kappa shape index (κ2) is 8.20. The summed E-state index contributed by atoms with van der Waals surface area (Å²) in [5, 5.41) is 2.92. The van der Waals surface area contributed by atoms with Gasteiger partial charge in [0, 0.05) is 5.56 Å². The van der Waals surface area contributed by atoms with Gasteiger partial charge < -0.3 is 15.8 Å². The second-order valence-corrected chi connectivity index (χ2v) is 5.11. The second-order valence-electron chi connectivity index (χ2n) is 5.11. The Morgan fingerprint density at radius 3 is 3.05 bits per heavy atom. The van der Waals surface area contributed by atoms with Gasteiger partial charge in [-0.3, -0.25) is 4.79 Å². The van der Waals surface area contributed by atoms with E-state index in [9.17, 15) is 9.18 Å². The topological polar surface area (TPSA) is 64.4 Å². The molecule has 3 N–H and O–H groups in total. The molecule has 2 rings (SSSR count). The van der Waals surface area contributed by atoms with Crippen molar-refractivity contribution in [1.82, 2.24) is 5.32 Å². The van der Waals surface area contributed by atoms with Gasteiger partial charge in [-0.15, -0.1) is 12.4 Å². The first-order valence-electron chi connectivity index (χ1n) is 7.10. The minimum Gasteiger partial charge on any atom is -0.490 e. The minimum absolute atomic E-state index is 0. The Balaban J connectivity index is 0.00000220. The fourth-order valence-electron chi connectivity index (χ4n) is 2.44. The predicted molar refractivity (Wildman–Crippen MR) is 82.1 cm³/mol. The van der Waals surface area contributed by atoms with Gasteiger partial charge in [0.1, 0.15) is 0 Å². The van der Waals surface area contributed by atoms with Crippen LogP contribution >= 0.6 is 12.4 Å². The Labute approximate surface area is 130 Å². The van der Waals surface area contributed by atoms with Gasteiger partial charge in [0.25, 0.3) is 0 Å². The molecular weight excluding hydrogens is 295 g/mol. The van der Waals surface area contributed by atoms with E-state index in [1.165, 1.54) is 6.07 Å². The van der Waals surface area contributed by atoms with Crippen molar-refractivity contribution in [2.45, 2.75) is 44.7 Å². The maximum absolute atomic E-state index is 13.8. The van der Waals surface area contributed by atoms with Crippen LogP contribution in [0.2, 0.25) is 0 Å². The molecule has 0 aromatic heterocycles. The molecule has 1 aromatic carbocycles. The Morgan fingerprint density at radius 2 is 2.33 bits per heavy atom. The van der Waals surface area contributed by atoms with Crippen LogP contribution in [-0.4, -0.2) is 18.6 Å². The van der Waals surface area contributed by atoms with Crippen molar-refractivity contribution in [3.63, 3.8) is 0 Å². The fraction of sp³-hybridized carbons (Fsp3) is 0.533. The Bertz CT molecular complexity index is 485. The molecule has 0 fully saturated rings. The Morgan fingerprint density at radius 1 is 1.57 bits per heavy atom. The number of halogens is 2. The molecule has 1 heterocycles. The van der Waals surface area contributed by atoms with Gasteiger partial charge in [-0.25, -0.2) is 4.39 Å². The summed E-state index contributed by atoms with van der Waals surface area (Å²) in [7, 11) is 0. The van der Waals surface area contributed by atoms with Crippen molar-refractivity contribution in [3.05, 3.63) is 29.6 Å². The van der Waals surface area contributed by atoms with E-state index in [1.807, 2.05) is 6.92 Å². The lowest BCUT2D eigenvalue weighted by atomic mass is 10.0. The third-order valence-electron chi connectivity index (χ3n) is 3.51. The van der Waals surface area contributed by atoms with Crippen LogP contribution in [0.25, 0.3) is 0 Å². The third kappa shape index (κ3) is 4.32. The van der Waals surface area contributed by atoms with E-state index in [0.29, 0.717) is 18.6 Å². The molecule has 2 unspecified atom stereocenters. The van der Waals surface area contributed by atoms with Crippen LogP contribution in [0.5, 0.6) is 5.75 Å².